The Labute approximate surface area is 168 Å². The van der Waals surface area contributed by atoms with E-state index in [0.29, 0.717) is 23.7 Å². The number of fused-ring (bicyclic) bond motifs is 1. The van der Waals surface area contributed by atoms with Crippen LogP contribution in [0.3, 0.4) is 0 Å². The number of aliphatic hydroxyl groups is 1. The van der Waals surface area contributed by atoms with E-state index in [0.717, 1.165) is 15.8 Å². The third-order valence-electron chi connectivity index (χ3n) is 5.72. The fourth-order valence-corrected chi connectivity index (χ4v) is 4.93. The number of benzene rings is 2. The van der Waals surface area contributed by atoms with Crippen molar-refractivity contribution in [3.63, 3.8) is 0 Å². The molecule has 4 rings (SSSR count). The van der Waals surface area contributed by atoms with Crippen LogP contribution in [0.15, 0.2) is 48.5 Å². The number of carbonyl (C=O) groups is 1. The van der Waals surface area contributed by atoms with Crippen LogP contribution in [0.2, 0.25) is 0 Å². The second kappa shape index (κ2) is 7.16. The first-order valence-electron chi connectivity index (χ1n) is 9.28. The Hall–Kier alpha value is -2.48. The average molecular weight is 397 g/mol. The minimum Gasteiger partial charge on any atom is -0.389 e. The number of thiazole rings is 1. The van der Waals surface area contributed by atoms with Gasteiger partial charge in [-0.3, -0.25) is 9.69 Å². The standard InChI is InChI=1S/C21H24N4O2S/c1-24(2)21(15-6-4-3-5-7-15)10-11-25(13-18(21)26)19(27)14-8-9-17-16(12-14)23-20(22)28-17/h3-9,12,18,26H,10-11,13H2,1-2H3,(H2,22,23)/t18-,21+/m1/s1. The van der Waals surface area contributed by atoms with Crippen LogP contribution in [0.4, 0.5) is 5.13 Å². The molecule has 28 heavy (non-hydrogen) atoms. The number of amides is 1. The van der Waals surface area contributed by atoms with Gasteiger partial charge in [-0.15, -0.1) is 0 Å². The number of aromatic nitrogens is 1. The molecule has 0 bridgehead atoms. The quantitative estimate of drug-likeness (QED) is 0.711. The Balaban J connectivity index is 1.59. The first-order valence-corrected chi connectivity index (χ1v) is 10.1. The van der Waals surface area contributed by atoms with Crippen molar-refractivity contribution < 1.29 is 9.90 Å². The molecule has 1 amide bonds. The lowest BCUT2D eigenvalue weighted by Gasteiger charge is -2.49. The molecular weight excluding hydrogens is 372 g/mol. The Bertz CT molecular complexity index is 1000. The molecule has 7 heteroatoms. The summed E-state index contributed by atoms with van der Waals surface area (Å²) in [5.74, 6) is -0.0899. The third-order valence-corrected chi connectivity index (χ3v) is 6.58. The molecule has 0 aliphatic carbocycles. The maximum absolute atomic E-state index is 13.1. The van der Waals surface area contributed by atoms with Gasteiger partial charge in [-0.2, -0.15) is 0 Å². The predicted octanol–water partition coefficient (Wildman–Crippen LogP) is 2.54. The van der Waals surface area contributed by atoms with Crippen molar-refractivity contribution in [2.45, 2.75) is 18.1 Å². The van der Waals surface area contributed by atoms with E-state index in [1.165, 1.54) is 11.3 Å². The zero-order valence-electron chi connectivity index (χ0n) is 16.0. The van der Waals surface area contributed by atoms with Crippen molar-refractivity contribution in [2.75, 3.05) is 32.9 Å². The number of rotatable bonds is 3. The molecule has 1 aliphatic rings. The van der Waals surface area contributed by atoms with Crippen LogP contribution >= 0.6 is 11.3 Å². The minimum atomic E-state index is -0.693. The van der Waals surface area contributed by atoms with Gasteiger partial charge >= 0.3 is 0 Å². The second-order valence-corrected chi connectivity index (χ2v) is 8.50. The van der Waals surface area contributed by atoms with Gasteiger partial charge in [0, 0.05) is 18.7 Å². The summed E-state index contributed by atoms with van der Waals surface area (Å²) in [7, 11) is 3.96. The molecule has 2 heterocycles. The SMILES string of the molecule is CN(C)[C@]1(c2ccccc2)CCN(C(=O)c2ccc3sc(N)nc3c2)C[C@H]1O. The van der Waals surface area contributed by atoms with Crippen LogP contribution in [0.5, 0.6) is 0 Å². The lowest BCUT2D eigenvalue weighted by molar-refractivity contribution is -0.0612. The number of nitrogens with zero attached hydrogens (tertiary/aromatic N) is 3. The summed E-state index contributed by atoms with van der Waals surface area (Å²) < 4.78 is 0.962. The van der Waals surface area contributed by atoms with Gasteiger partial charge < -0.3 is 15.7 Å². The highest BCUT2D eigenvalue weighted by Gasteiger charge is 2.46. The molecule has 2 aromatic carbocycles. The number of likely N-dealkylation sites (N-methyl/N-ethyl adjacent to an activating group) is 1. The lowest BCUT2D eigenvalue weighted by atomic mass is 9.77. The number of aliphatic hydroxyl groups excluding tert-OH is 1. The van der Waals surface area contributed by atoms with Gasteiger partial charge in [-0.25, -0.2) is 4.98 Å². The van der Waals surface area contributed by atoms with E-state index in [-0.39, 0.29) is 12.5 Å². The van der Waals surface area contributed by atoms with Gasteiger partial charge in [0.05, 0.1) is 21.9 Å². The minimum absolute atomic E-state index is 0.0899. The molecule has 6 nitrogen and oxygen atoms in total. The lowest BCUT2D eigenvalue weighted by Crippen LogP contribution is -2.60. The Kier molecular flexibility index (Phi) is 4.82. The van der Waals surface area contributed by atoms with Gasteiger partial charge in [-0.05, 0) is 44.3 Å². The summed E-state index contributed by atoms with van der Waals surface area (Å²) in [6.07, 6.45) is -0.0377. The molecule has 3 aromatic rings. The molecule has 1 saturated heterocycles. The van der Waals surface area contributed by atoms with E-state index in [9.17, 15) is 9.90 Å². The van der Waals surface area contributed by atoms with Crippen LogP contribution in [0.25, 0.3) is 10.2 Å². The van der Waals surface area contributed by atoms with E-state index in [2.05, 4.69) is 9.88 Å². The number of nitrogens with two attached hydrogens (primary N) is 1. The Morgan fingerprint density at radius 1 is 1.29 bits per heavy atom. The van der Waals surface area contributed by atoms with Gasteiger partial charge in [0.1, 0.15) is 0 Å². The zero-order chi connectivity index (χ0) is 19.9. The van der Waals surface area contributed by atoms with Crippen molar-refractivity contribution in [3.05, 3.63) is 59.7 Å². The van der Waals surface area contributed by atoms with Crippen molar-refractivity contribution in [1.82, 2.24) is 14.8 Å². The summed E-state index contributed by atoms with van der Waals surface area (Å²) >= 11 is 1.41. The largest absolute Gasteiger partial charge is 0.389 e. The number of piperidine rings is 1. The first kappa shape index (κ1) is 18.9. The maximum atomic E-state index is 13.1. The Morgan fingerprint density at radius 2 is 2.04 bits per heavy atom. The highest BCUT2D eigenvalue weighted by molar-refractivity contribution is 7.22. The highest BCUT2D eigenvalue weighted by atomic mass is 32.1. The summed E-state index contributed by atoms with van der Waals surface area (Å²) in [4.78, 5) is 21.1. The van der Waals surface area contributed by atoms with Crippen LogP contribution in [0, 0.1) is 0 Å². The number of carbonyl (C=O) groups excluding carboxylic acids is 1. The van der Waals surface area contributed by atoms with Crippen LogP contribution in [-0.2, 0) is 5.54 Å². The fraction of sp³-hybridized carbons (Fsp3) is 0.333. The van der Waals surface area contributed by atoms with E-state index in [4.69, 9.17) is 5.73 Å². The molecule has 1 aliphatic heterocycles. The maximum Gasteiger partial charge on any atom is 0.254 e. The van der Waals surface area contributed by atoms with Crippen molar-refractivity contribution in [1.29, 1.82) is 0 Å². The number of anilines is 1. The van der Waals surface area contributed by atoms with Crippen molar-refractivity contribution >= 4 is 32.6 Å². The molecule has 0 unspecified atom stereocenters. The molecule has 0 radical (unpaired) electrons. The predicted molar refractivity (Wildman–Crippen MR) is 112 cm³/mol. The molecule has 0 saturated carbocycles. The third kappa shape index (κ3) is 3.05. The fourth-order valence-electron chi connectivity index (χ4n) is 4.21. The number of nitrogen functional groups attached to an aromatic ring is 1. The zero-order valence-corrected chi connectivity index (χ0v) is 16.8. The van der Waals surface area contributed by atoms with E-state index in [1.54, 1.807) is 17.0 Å². The summed E-state index contributed by atoms with van der Waals surface area (Å²) in [5, 5.41) is 11.6. The monoisotopic (exact) mass is 396 g/mol. The average Bonchev–Trinajstić information content (AvgIpc) is 3.07. The van der Waals surface area contributed by atoms with Crippen molar-refractivity contribution in [3.8, 4) is 0 Å². The highest BCUT2D eigenvalue weighted by Crippen LogP contribution is 2.38. The van der Waals surface area contributed by atoms with Crippen LogP contribution in [0.1, 0.15) is 22.3 Å². The molecule has 1 fully saturated rings. The van der Waals surface area contributed by atoms with Gasteiger partial charge in [0.15, 0.2) is 5.13 Å². The summed E-state index contributed by atoms with van der Waals surface area (Å²) in [6, 6.07) is 15.5. The number of likely N-dealkylation sites (tertiary alicyclic amines) is 1. The van der Waals surface area contributed by atoms with Gasteiger partial charge in [0.25, 0.3) is 5.91 Å². The summed E-state index contributed by atoms with van der Waals surface area (Å²) in [6.45, 7) is 0.851. The van der Waals surface area contributed by atoms with E-state index < -0.39 is 11.6 Å². The van der Waals surface area contributed by atoms with Crippen LogP contribution < -0.4 is 5.73 Å². The molecule has 146 valence electrons. The summed E-state index contributed by atoms with van der Waals surface area (Å²) in [5.41, 5.74) is 7.63. The second-order valence-electron chi connectivity index (χ2n) is 7.44. The van der Waals surface area contributed by atoms with E-state index in [1.807, 2.05) is 50.5 Å². The topological polar surface area (TPSA) is 82.7 Å². The smallest absolute Gasteiger partial charge is 0.254 e. The molecule has 0 spiro atoms. The molecule has 2 atom stereocenters. The Morgan fingerprint density at radius 3 is 2.71 bits per heavy atom. The molecule has 1 aromatic heterocycles. The van der Waals surface area contributed by atoms with Gasteiger partial charge in [0.2, 0.25) is 0 Å². The first-order chi connectivity index (χ1) is 13.4. The normalized spacial score (nSPS) is 22.7. The molecule has 3 N–H and O–H groups in total. The number of hydrogen-bond donors (Lipinski definition) is 2. The van der Waals surface area contributed by atoms with Crippen LogP contribution in [-0.4, -0.2) is 59.1 Å². The number of hydrogen-bond acceptors (Lipinski definition) is 6. The van der Waals surface area contributed by atoms with Gasteiger partial charge in [-0.1, -0.05) is 41.7 Å². The molecular formula is C21H24N4O2S. The number of β-amino-alcohol motifs (C(OH)–C–C–N with tert-alkyl or cyclic N) is 1. The van der Waals surface area contributed by atoms with E-state index >= 15 is 0 Å². The van der Waals surface area contributed by atoms with Crippen molar-refractivity contribution in [2.24, 2.45) is 0 Å².